The number of nitrogens with zero attached hydrogens (tertiary/aromatic N) is 4. The molecule has 0 saturated heterocycles. The summed E-state index contributed by atoms with van der Waals surface area (Å²) in [5.41, 5.74) is 20.6. The maximum Gasteiger partial charge on any atom is 0.227 e. The number of pyridine rings is 2. The first kappa shape index (κ1) is 73.3. The van der Waals surface area contributed by atoms with Crippen molar-refractivity contribution in [3.05, 3.63) is 442 Å². The molecule has 27 rings (SSSR count). The van der Waals surface area contributed by atoms with E-state index in [9.17, 15) is 5.26 Å². The van der Waals surface area contributed by atoms with Gasteiger partial charge in [0.15, 0.2) is 5.58 Å². The smallest absolute Gasteiger partial charge is 0.227 e. The van der Waals surface area contributed by atoms with Crippen LogP contribution in [0.25, 0.3) is 273 Å². The number of para-hydroxylation sites is 2. The summed E-state index contributed by atoms with van der Waals surface area (Å²) in [6.07, 6.45) is 0. The molecule has 27 aromatic rings. The molecule has 5 nitrogen and oxygen atoms in total. The molecule has 0 fully saturated rings. The Morgan fingerprint density at radius 3 is 0.736 bits per heavy atom. The molecule has 0 bridgehead atoms. The summed E-state index contributed by atoms with van der Waals surface area (Å²) in [6, 6.07) is 160. The fourth-order valence-corrected chi connectivity index (χ4v) is 21.0. The average molecular weight is 1630 g/mol. The average Bonchev–Trinajstić information content (AvgIpc) is 0.988. The lowest BCUT2D eigenvalue weighted by Gasteiger charge is -2.17. The summed E-state index contributed by atoms with van der Waals surface area (Å²) >= 11 is 0. The lowest BCUT2D eigenvalue weighted by atomic mass is 9.88. The van der Waals surface area contributed by atoms with Crippen molar-refractivity contribution in [2.75, 3.05) is 0 Å². The van der Waals surface area contributed by atoms with Gasteiger partial charge in [-0.05, 0) is 281 Å². The molecule has 0 amide bonds. The molecule has 0 aliphatic carbocycles. The largest absolute Gasteiger partial charge is 0.436 e. The van der Waals surface area contributed by atoms with Gasteiger partial charge in [-0.3, -0.25) is 0 Å². The molecule has 129 heavy (non-hydrogen) atoms. The van der Waals surface area contributed by atoms with Gasteiger partial charge in [-0.25, -0.2) is 15.0 Å². The van der Waals surface area contributed by atoms with E-state index in [2.05, 4.69) is 394 Å². The highest BCUT2D eigenvalue weighted by atomic mass is 16.3. The van der Waals surface area contributed by atoms with E-state index in [-0.39, 0.29) is 0 Å². The van der Waals surface area contributed by atoms with Gasteiger partial charge < -0.3 is 4.42 Å². The molecule has 0 spiro atoms. The first-order chi connectivity index (χ1) is 63.9. The van der Waals surface area contributed by atoms with E-state index in [4.69, 9.17) is 19.4 Å². The predicted molar refractivity (Wildman–Crippen MR) is 544 cm³/mol. The molecule has 0 unspecified atom stereocenters. The molecule has 5 heteroatoms. The van der Waals surface area contributed by atoms with Crippen LogP contribution in [0.1, 0.15) is 5.56 Å². The molecule has 0 aliphatic rings. The number of aromatic nitrogens is 3. The van der Waals surface area contributed by atoms with Crippen molar-refractivity contribution in [1.29, 1.82) is 5.26 Å². The molecule has 3 aromatic heterocycles. The SMILES string of the molecule is N#Cc1ccc(-c2ccc(-c3cc4c(-c5ccc6c7ccccc7c7ccccc7c6c5)cc(-c5ccc6c7ccccc7c7ccccc7c6c5)nc4c4ccccc34)cc2)cc1.c1ccc2oc(-c3ccc(-c4cc5c(-c6ccc7c8ccccc8c8ccccc8c7c6)cc(-c6ccc7c8ccccc8c8ccccc8c7c6)nc5c5ccccc45)cc3)nc2c1. The van der Waals surface area contributed by atoms with Crippen LogP contribution in [0.2, 0.25) is 0 Å². The van der Waals surface area contributed by atoms with E-state index in [0.717, 1.165) is 138 Å². The quantitative estimate of drug-likeness (QED) is 0.142. The van der Waals surface area contributed by atoms with E-state index in [1.54, 1.807) is 0 Å². The summed E-state index contributed by atoms with van der Waals surface area (Å²) in [7, 11) is 0. The third kappa shape index (κ3) is 11.9. The van der Waals surface area contributed by atoms with Gasteiger partial charge >= 0.3 is 0 Å². The Bertz CT molecular complexity index is 9340. The second kappa shape index (κ2) is 29.4. The Hall–Kier alpha value is -17.3. The Morgan fingerprint density at radius 1 is 0.171 bits per heavy atom. The number of oxazole rings is 1. The van der Waals surface area contributed by atoms with Crippen LogP contribution in [0.4, 0.5) is 0 Å². The fraction of sp³-hybridized carbons (Fsp3) is 0. The van der Waals surface area contributed by atoms with E-state index in [1.807, 2.05) is 48.5 Å². The van der Waals surface area contributed by atoms with Crippen LogP contribution in [0.5, 0.6) is 0 Å². The maximum absolute atomic E-state index is 9.37. The van der Waals surface area contributed by atoms with Crippen molar-refractivity contribution in [2.24, 2.45) is 0 Å². The van der Waals surface area contributed by atoms with Crippen LogP contribution < -0.4 is 0 Å². The molecule has 0 saturated carbocycles. The fourth-order valence-electron chi connectivity index (χ4n) is 21.0. The van der Waals surface area contributed by atoms with Crippen LogP contribution in [0.15, 0.2) is 441 Å². The highest BCUT2D eigenvalue weighted by molar-refractivity contribution is 6.31. The minimum absolute atomic E-state index is 0.617. The summed E-state index contributed by atoms with van der Waals surface area (Å²) in [5.74, 6) is 0.617. The van der Waals surface area contributed by atoms with E-state index >= 15 is 0 Å². The number of rotatable bonds is 8. The van der Waals surface area contributed by atoms with Crippen LogP contribution in [0, 0.1) is 11.3 Å². The molecule has 594 valence electrons. The third-order valence-electron chi connectivity index (χ3n) is 27.1. The second-order valence-corrected chi connectivity index (χ2v) is 34.1. The highest BCUT2D eigenvalue weighted by Gasteiger charge is 2.24. The standard InChI is InChI=1S/C62H36N2O.C62H36N2/c1-3-17-45-41(13-1)43-15-5-7-19-47(43)55-33-39(29-31-50(45)55)54-36-59(40-30-32-51-46-18-4-2-14-42(46)44-16-6-8-20-48(44)56(51)34-40)63-61-52-22-10-9-21-49(52)53(35-57(54)61)37-25-27-38(28-26-37)62-64-58-23-11-12-24-60(58)65-62;63-37-38-21-23-39(24-22-38)40-25-27-41(28-26-40)56-35-60-57(42-29-31-53-48-15-3-1-11-44(48)46-13-5-7-17-50(46)58(53)33-42)36-61(64-62(60)55-20-10-9-19-52(55)56)43-30-32-54-49-16-4-2-12-45(49)47-14-6-8-18-51(47)59(54)34-43/h1-36H;1-36H. The summed E-state index contributed by atoms with van der Waals surface area (Å²) in [6.45, 7) is 0. The number of nitriles is 1. The van der Waals surface area contributed by atoms with E-state index < -0.39 is 0 Å². The number of fused-ring (bicyclic) bond motifs is 31. The predicted octanol–water partition coefficient (Wildman–Crippen LogP) is 34.0. The molecule has 0 N–H and O–H groups in total. The number of benzene rings is 24. The molecule has 0 radical (unpaired) electrons. The molecule has 0 atom stereocenters. The van der Waals surface area contributed by atoms with Crippen LogP contribution in [-0.4, -0.2) is 15.0 Å². The lowest BCUT2D eigenvalue weighted by Crippen LogP contribution is -1.94. The minimum Gasteiger partial charge on any atom is -0.436 e. The van der Waals surface area contributed by atoms with Crippen LogP contribution in [0.3, 0.4) is 0 Å². The zero-order chi connectivity index (χ0) is 84.9. The van der Waals surface area contributed by atoms with Gasteiger partial charge in [0, 0.05) is 38.2 Å². The van der Waals surface area contributed by atoms with Crippen molar-refractivity contribution < 1.29 is 4.42 Å². The highest BCUT2D eigenvalue weighted by Crippen LogP contribution is 2.49. The van der Waals surface area contributed by atoms with Gasteiger partial charge in [0.2, 0.25) is 5.89 Å². The topological polar surface area (TPSA) is 75.6 Å². The normalized spacial score (nSPS) is 11.9. The van der Waals surface area contributed by atoms with Gasteiger partial charge in [0.25, 0.3) is 0 Å². The van der Waals surface area contributed by atoms with E-state index in [0.29, 0.717) is 11.5 Å². The molecular formula is C124H72N4O. The zero-order valence-corrected chi connectivity index (χ0v) is 69.8. The Labute approximate surface area is 741 Å². The van der Waals surface area contributed by atoms with Gasteiger partial charge in [-0.15, -0.1) is 0 Å². The van der Waals surface area contributed by atoms with Crippen molar-refractivity contribution in [2.45, 2.75) is 0 Å². The Morgan fingerprint density at radius 2 is 0.411 bits per heavy atom. The lowest BCUT2D eigenvalue weighted by molar-refractivity contribution is 0.620. The summed E-state index contributed by atoms with van der Waals surface area (Å²) in [5, 5.41) is 46.2. The minimum atomic E-state index is 0.617. The monoisotopic (exact) mass is 1630 g/mol. The first-order valence-electron chi connectivity index (χ1n) is 44.0. The van der Waals surface area contributed by atoms with Crippen molar-refractivity contribution in [3.63, 3.8) is 0 Å². The van der Waals surface area contributed by atoms with Crippen LogP contribution >= 0.6 is 0 Å². The molecule has 24 aromatic carbocycles. The third-order valence-corrected chi connectivity index (χ3v) is 27.1. The Kier molecular flexibility index (Phi) is 16.7. The molecule has 0 aliphatic heterocycles. The Balaban J connectivity index is 0.000000136. The van der Waals surface area contributed by atoms with E-state index in [1.165, 1.54) is 129 Å². The van der Waals surface area contributed by atoms with Gasteiger partial charge in [-0.1, -0.05) is 352 Å². The van der Waals surface area contributed by atoms with Gasteiger partial charge in [0.05, 0.1) is 34.1 Å². The summed E-state index contributed by atoms with van der Waals surface area (Å²) < 4.78 is 6.17. The number of hydrogen-bond donors (Lipinski definition) is 0. The first-order valence-corrected chi connectivity index (χ1v) is 44.0. The van der Waals surface area contributed by atoms with Crippen molar-refractivity contribution in [1.82, 2.24) is 15.0 Å². The van der Waals surface area contributed by atoms with Gasteiger partial charge in [0.1, 0.15) is 5.52 Å². The molecule has 3 heterocycles. The summed E-state index contributed by atoms with van der Waals surface area (Å²) in [4.78, 5) is 16.1. The van der Waals surface area contributed by atoms with Crippen molar-refractivity contribution >= 4 is 184 Å². The van der Waals surface area contributed by atoms with Crippen molar-refractivity contribution in [3.8, 4) is 95.7 Å². The second-order valence-electron chi connectivity index (χ2n) is 34.1. The molecular weight excluding hydrogens is 1560 g/mol. The number of hydrogen-bond acceptors (Lipinski definition) is 5. The maximum atomic E-state index is 9.37. The van der Waals surface area contributed by atoms with Crippen LogP contribution in [-0.2, 0) is 0 Å². The zero-order valence-electron chi connectivity index (χ0n) is 69.8. The van der Waals surface area contributed by atoms with Gasteiger partial charge in [-0.2, -0.15) is 5.26 Å².